The van der Waals surface area contributed by atoms with Crippen LogP contribution >= 0.6 is 11.3 Å². The molecule has 1 aromatic carbocycles. The minimum absolute atomic E-state index is 0.0601. The fraction of sp³-hybridized carbons (Fsp3) is 0.333. The van der Waals surface area contributed by atoms with Crippen molar-refractivity contribution in [3.05, 3.63) is 51.7 Å². The zero-order chi connectivity index (χ0) is 17.5. The van der Waals surface area contributed by atoms with E-state index in [1.54, 1.807) is 18.2 Å². The highest BCUT2D eigenvalue weighted by Crippen LogP contribution is 2.17. The van der Waals surface area contributed by atoms with Crippen molar-refractivity contribution in [2.24, 2.45) is 0 Å². The quantitative estimate of drug-likeness (QED) is 0.721. The molecular formula is C18H22N2O3S. The fourth-order valence-corrected chi connectivity index (χ4v) is 2.96. The van der Waals surface area contributed by atoms with Gasteiger partial charge < -0.3 is 15.7 Å². The van der Waals surface area contributed by atoms with Crippen LogP contribution in [0.2, 0.25) is 0 Å². The number of hydrogen-bond acceptors (Lipinski definition) is 4. The summed E-state index contributed by atoms with van der Waals surface area (Å²) >= 11 is 1.45. The average Bonchev–Trinajstić information content (AvgIpc) is 3.01. The number of rotatable bonds is 7. The molecule has 2 rings (SSSR count). The van der Waals surface area contributed by atoms with Gasteiger partial charge in [-0.2, -0.15) is 0 Å². The van der Waals surface area contributed by atoms with E-state index < -0.39 is 0 Å². The molecule has 0 aliphatic rings. The first-order valence-electron chi connectivity index (χ1n) is 7.88. The molecule has 0 aliphatic carbocycles. The molecule has 2 amide bonds. The SMILES string of the molecule is CCC(CO)NC(=O)Cc1ccc(NC(=O)c2ccc(C)s2)cc1. The van der Waals surface area contributed by atoms with Crippen molar-refractivity contribution in [3.8, 4) is 0 Å². The van der Waals surface area contributed by atoms with E-state index in [0.29, 0.717) is 17.0 Å². The summed E-state index contributed by atoms with van der Waals surface area (Å²) in [7, 11) is 0. The highest BCUT2D eigenvalue weighted by Gasteiger charge is 2.11. The molecular weight excluding hydrogens is 324 g/mol. The summed E-state index contributed by atoms with van der Waals surface area (Å²) < 4.78 is 0. The molecule has 128 valence electrons. The van der Waals surface area contributed by atoms with Crippen molar-refractivity contribution < 1.29 is 14.7 Å². The van der Waals surface area contributed by atoms with Gasteiger partial charge in [-0.3, -0.25) is 9.59 Å². The molecule has 2 aromatic rings. The van der Waals surface area contributed by atoms with Gasteiger partial charge in [0.2, 0.25) is 5.91 Å². The predicted octanol–water partition coefficient (Wildman–Crippen LogP) is 2.74. The monoisotopic (exact) mass is 346 g/mol. The maximum Gasteiger partial charge on any atom is 0.265 e. The third-order valence-corrected chi connectivity index (χ3v) is 4.62. The van der Waals surface area contributed by atoms with Crippen molar-refractivity contribution >= 4 is 28.8 Å². The number of aliphatic hydroxyl groups is 1. The minimum atomic E-state index is -0.203. The second-order valence-corrected chi connectivity index (χ2v) is 6.88. The Morgan fingerprint density at radius 1 is 1.17 bits per heavy atom. The van der Waals surface area contributed by atoms with Gasteiger partial charge in [0, 0.05) is 10.6 Å². The van der Waals surface area contributed by atoms with E-state index in [9.17, 15) is 9.59 Å². The zero-order valence-corrected chi connectivity index (χ0v) is 14.7. The highest BCUT2D eigenvalue weighted by molar-refractivity contribution is 7.14. The number of nitrogens with one attached hydrogen (secondary N) is 2. The molecule has 3 N–H and O–H groups in total. The number of carbonyl (C=O) groups excluding carboxylic acids is 2. The van der Waals surface area contributed by atoms with Gasteiger partial charge in [0.05, 0.1) is 23.9 Å². The third kappa shape index (κ3) is 5.18. The number of thiophene rings is 1. The lowest BCUT2D eigenvalue weighted by atomic mass is 10.1. The van der Waals surface area contributed by atoms with Crippen LogP contribution in [-0.4, -0.2) is 29.6 Å². The summed E-state index contributed by atoms with van der Waals surface area (Å²) in [6.45, 7) is 3.81. The minimum Gasteiger partial charge on any atom is -0.394 e. The van der Waals surface area contributed by atoms with Crippen molar-refractivity contribution in [3.63, 3.8) is 0 Å². The molecule has 6 heteroatoms. The van der Waals surface area contributed by atoms with Crippen LogP contribution < -0.4 is 10.6 Å². The topological polar surface area (TPSA) is 78.4 Å². The second-order valence-electron chi connectivity index (χ2n) is 5.59. The van der Waals surface area contributed by atoms with E-state index in [4.69, 9.17) is 5.11 Å². The number of aliphatic hydroxyl groups excluding tert-OH is 1. The molecule has 1 atom stereocenters. The van der Waals surface area contributed by atoms with Crippen molar-refractivity contribution in [1.82, 2.24) is 5.32 Å². The van der Waals surface area contributed by atoms with Gasteiger partial charge in [-0.25, -0.2) is 0 Å². The molecule has 0 saturated heterocycles. The molecule has 1 aromatic heterocycles. The molecule has 0 bridgehead atoms. The Kier molecular flexibility index (Phi) is 6.52. The van der Waals surface area contributed by atoms with E-state index in [0.717, 1.165) is 10.4 Å². The number of hydrogen-bond donors (Lipinski definition) is 3. The molecule has 0 spiro atoms. The molecule has 0 saturated carbocycles. The Morgan fingerprint density at radius 2 is 1.88 bits per heavy atom. The normalized spacial score (nSPS) is 11.8. The van der Waals surface area contributed by atoms with Crippen LogP contribution in [0.4, 0.5) is 5.69 Å². The van der Waals surface area contributed by atoms with Crippen molar-refractivity contribution in [1.29, 1.82) is 0 Å². The number of carbonyl (C=O) groups is 2. The lowest BCUT2D eigenvalue weighted by Gasteiger charge is -2.14. The van der Waals surface area contributed by atoms with Gasteiger partial charge in [0.15, 0.2) is 0 Å². The Bertz CT molecular complexity index is 691. The maximum atomic E-state index is 12.1. The summed E-state index contributed by atoms with van der Waals surface area (Å²) in [5.74, 6) is -0.255. The first-order valence-corrected chi connectivity index (χ1v) is 8.70. The number of aryl methyl sites for hydroxylation is 1. The van der Waals surface area contributed by atoms with Gasteiger partial charge >= 0.3 is 0 Å². The first-order chi connectivity index (χ1) is 11.5. The molecule has 24 heavy (non-hydrogen) atoms. The third-order valence-electron chi connectivity index (χ3n) is 3.62. The van der Waals surface area contributed by atoms with Crippen LogP contribution in [0, 0.1) is 6.92 Å². The van der Waals surface area contributed by atoms with E-state index in [-0.39, 0.29) is 30.9 Å². The maximum absolute atomic E-state index is 12.1. The summed E-state index contributed by atoms with van der Waals surface area (Å²) in [4.78, 5) is 25.8. The van der Waals surface area contributed by atoms with E-state index in [1.807, 2.05) is 32.0 Å². The second kappa shape index (κ2) is 8.61. The number of benzene rings is 1. The van der Waals surface area contributed by atoms with Gasteiger partial charge in [0.25, 0.3) is 5.91 Å². The van der Waals surface area contributed by atoms with Crippen LogP contribution in [0.3, 0.4) is 0 Å². The first kappa shape index (κ1) is 18.2. The summed E-state index contributed by atoms with van der Waals surface area (Å²) in [5, 5.41) is 14.7. The van der Waals surface area contributed by atoms with Crippen LogP contribution in [0.1, 0.15) is 33.5 Å². The van der Waals surface area contributed by atoms with Gasteiger partial charge in [-0.1, -0.05) is 19.1 Å². The Balaban J connectivity index is 1.90. The van der Waals surface area contributed by atoms with Crippen LogP contribution in [-0.2, 0) is 11.2 Å². The number of amides is 2. The molecule has 5 nitrogen and oxygen atoms in total. The van der Waals surface area contributed by atoms with E-state index in [1.165, 1.54) is 11.3 Å². The summed E-state index contributed by atoms with van der Waals surface area (Å²) in [6.07, 6.45) is 0.935. The molecule has 0 fully saturated rings. The van der Waals surface area contributed by atoms with Crippen molar-refractivity contribution in [2.75, 3.05) is 11.9 Å². The van der Waals surface area contributed by atoms with E-state index >= 15 is 0 Å². The Morgan fingerprint density at radius 3 is 2.42 bits per heavy atom. The van der Waals surface area contributed by atoms with Gasteiger partial charge in [0.1, 0.15) is 0 Å². The standard InChI is InChI=1S/C18H22N2O3S/c1-3-14(11-21)19-17(22)10-13-5-7-15(8-6-13)20-18(23)16-9-4-12(2)24-16/h4-9,14,21H,3,10-11H2,1-2H3,(H,19,22)(H,20,23). The largest absolute Gasteiger partial charge is 0.394 e. The highest BCUT2D eigenvalue weighted by atomic mass is 32.1. The lowest BCUT2D eigenvalue weighted by molar-refractivity contribution is -0.121. The average molecular weight is 346 g/mol. The number of anilines is 1. The van der Waals surface area contributed by atoms with Crippen LogP contribution in [0.5, 0.6) is 0 Å². The summed E-state index contributed by atoms with van der Waals surface area (Å²) in [5.41, 5.74) is 1.54. The molecule has 0 radical (unpaired) electrons. The van der Waals surface area contributed by atoms with Gasteiger partial charge in [-0.15, -0.1) is 11.3 Å². The Hall–Kier alpha value is -2.18. The lowest BCUT2D eigenvalue weighted by Crippen LogP contribution is -2.37. The van der Waals surface area contributed by atoms with Crippen LogP contribution in [0.25, 0.3) is 0 Å². The molecule has 1 unspecified atom stereocenters. The van der Waals surface area contributed by atoms with Gasteiger partial charge in [-0.05, 0) is 43.2 Å². The molecule has 0 aliphatic heterocycles. The van der Waals surface area contributed by atoms with E-state index in [2.05, 4.69) is 10.6 Å². The van der Waals surface area contributed by atoms with Crippen molar-refractivity contribution in [2.45, 2.75) is 32.7 Å². The van der Waals surface area contributed by atoms with Crippen LogP contribution in [0.15, 0.2) is 36.4 Å². The predicted molar refractivity (Wildman–Crippen MR) is 96.5 cm³/mol. The Labute approximate surface area is 145 Å². The fourth-order valence-electron chi connectivity index (χ4n) is 2.20. The smallest absolute Gasteiger partial charge is 0.265 e. The summed E-state index contributed by atoms with van der Waals surface area (Å²) in [6, 6.07) is 10.7. The zero-order valence-electron chi connectivity index (χ0n) is 13.8. The molecule has 1 heterocycles.